The molecule has 6 rings (SSSR count). The van der Waals surface area contributed by atoms with Crippen LogP contribution in [0.2, 0.25) is 0 Å². The van der Waals surface area contributed by atoms with Gasteiger partial charge in [0.1, 0.15) is 5.49 Å². The average Bonchev–Trinajstić information content (AvgIpc) is 3.48. The van der Waals surface area contributed by atoms with E-state index in [1.54, 1.807) is 23.1 Å². The Morgan fingerprint density at radius 1 is 0.951 bits per heavy atom. The van der Waals surface area contributed by atoms with Crippen molar-refractivity contribution in [1.82, 2.24) is 30.0 Å². The third kappa shape index (κ3) is 6.16. The highest BCUT2D eigenvalue weighted by Gasteiger charge is 2.34. The van der Waals surface area contributed by atoms with Crippen LogP contribution in [0.3, 0.4) is 0 Å². The number of nitrogens with one attached hydrogen (secondary N) is 2. The van der Waals surface area contributed by atoms with Gasteiger partial charge in [0, 0.05) is 69.1 Å². The van der Waals surface area contributed by atoms with Gasteiger partial charge in [-0.1, -0.05) is 24.3 Å². The van der Waals surface area contributed by atoms with Crippen molar-refractivity contribution in [2.24, 2.45) is 5.92 Å². The Kier molecular flexibility index (Phi) is 8.07. The Hall–Kier alpha value is -4.08. The van der Waals surface area contributed by atoms with Gasteiger partial charge in [0.15, 0.2) is 0 Å². The van der Waals surface area contributed by atoms with Crippen LogP contribution in [0.15, 0.2) is 48.8 Å². The molecular weight excluding hydrogens is 516 g/mol. The minimum absolute atomic E-state index is 0.0214. The molecule has 2 amide bonds. The number of hydrogen-bond acceptors (Lipinski definition) is 7. The fourth-order valence-electron chi connectivity index (χ4n) is 6.40. The van der Waals surface area contributed by atoms with Gasteiger partial charge in [-0.3, -0.25) is 15.0 Å². The van der Waals surface area contributed by atoms with Crippen LogP contribution in [-0.2, 0) is 29.0 Å². The van der Waals surface area contributed by atoms with Crippen LogP contribution in [0.1, 0.15) is 49.7 Å². The van der Waals surface area contributed by atoms with E-state index < -0.39 is 0 Å². The lowest BCUT2D eigenvalue weighted by atomic mass is 9.89. The SMILES string of the molecule is N=c1cc2c(nn1CCCCC(=O)N[C@H]1CC[C@@H](C(=O)N3CCN(c4ncccn4)CC3)C1)-c1ccccc1CC2. The molecule has 0 unspecified atom stereocenters. The number of piperazine rings is 1. The van der Waals surface area contributed by atoms with E-state index in [4.69, 9.17) is 10.5 Å². The Balaban J connectivity index is 0.926. The Morgan fingerprint density at radius 2 is 1.73 bits per heavy atom. The third-order valence-corrected chi connectivity index (χ3v) is 8.65. The summed E-state index contributed by atoms with van der Waals surface area (Å²) in [7, 11) is 0. The second-order valence-corrected chi connectivity index (χ2v) is 11.4. The molecule has 1 saturated carbocycles. The first-order valence-electron chi connectivity index (χ1n) is 14.9. The summed E-state index contributed by atoms with van der Waals surface area (Å²) < 4.78 is 1.76. The van der Waals surface area contributed by atoms with Crippen LogP contribution in [0.4, 0.5) is 5.95 Å². The fraction of sp³-hybridized carbons (Fsp3) is 0.484. The molecule has 1 aliphatic heterocycles. The number of unbranched alkanes of at least 4 members (excludes halogenated alkanes) is 1. The number of carbonyl (C=O) groups excluding carboxylic acids is 2. The molecule has 0 bridgehead atoms. The molecule has 10 nitrogen and oxygen atoms in total. The van der Waals surface area contributed by atoms with Gasteiger partial charge >= 0.3 is 0 Å². The molecule has 0 spiro atoms. The van der Waals surface area contributed by atoms with Gasteiger partial charge in [0.25, 0.3) is 0 Å². The lowest BCUT2D eigenvalue weighted by Crippen LogP contribution is -2.50. The summed E-state index contributed by atoms with van der Waals surface area (Å²) in [5, 5.41) is 16.4. The van der Waals surface area contributed by atoms with Crippen molar-refractivity contribution < 1.29 is 9.59 Å². The molecule has 3 aliphatic rings. The van der Waals surface area contributed by atoms with Crippen molar-refractivity contribution in [2.75, 3.05) is 31.1 Å². The maximum atomic E-state index is 13.1. The highest BCUT2D eigenvalue weighted by Crippen LogP contribution is 2.31. The fourth-order valence-corrected chi connectivity index (χ4v) is 6.40. The van der Waals surface area contributed by atoms with Crippen molar-refractivity contribution in [3.8, 4) is 11.3 Å². The minimum Gasteiger partial charge on any atom is -0.353 e. The Bertz CT molecular complexity index is 1450. The quantitative estimate of drug-likeness (QED) is 0.413. The number of anilines is 1. The number of hydrogen-bond donors (Lipinski definition) is 2. The molecular formula is C31H38N8O2. The number of amides is 2. The first-order chi connectivity index (χ1) is 20.0. The summed E-state index contributed by atoms with van der Waals surface area (Å²) >= 11 is 0. The van der Waals surface area contributed by atoms with Gasteiger partial charge < -0.3 is 15.1 Å². The van der Waals surface area contributed by atoms with E-state index in [2.05, 4.69) is 38.4 Å². The van der Waals surface area contributed by atoms with Crippen molar-refractivity contribution in [2.45, 2.75) is 64.0 Å². The maximum Gasteiger partial charge on any atom is 0.225 e. The molecule has 10 heteroatoms. The first kappa shape index (κ1) is 27.1. The predicted molar refractivity (Wildman–Crippen MR) is 155 cm³/mol. The highest BCUT2D eigenvalue weighted by molar-refractivity contribution is 5.80. The molecule has 2 aliphatic carbocycles. The van der Waals surface area contributed by atoms with E-state index in [1.807, 2.05) is 17.0 Å². The number of aryl methyl sites for hydroxylation is 3. The number of benzene rings is 1. The minimum atomic E-state index is -0.0214. The second kappa shape index (κ2) is 12.2. The van der Waals surface area contributed by atoms with Crippen LogP contribution in [0, 0.1) is 11.3 Å². The predicted octanol–water partition coefficient (Wildman–Crippen LogP) is 2.72. The molecule has 2 fully saturated rings. The Labute approximate surface area is 240 Å². The van der Waals surface area contributed by atoms with E-state index in [9.17, 15) is 9.59 Å². The van der Waals surface area contributed by atoms with Crippen LogP contribution in [-0.4, -0.2) is 68.7 Å². The van der Waals surface area contributed by atoms with Gasteiger partial charge in [-0.05, 0) is 68.2 Å². The standard InChI is InChI=1S/C31H38N8O2/c32-27-21-23-10-9-22-6-1-2-7-26(22)29(23)36-39(27)15-4-3-8-28(40)35-25-12-11-24(20-25)30(41)37-16-18-38(19-17-37)31-33-13-5-14-34-31/h1-2,5-7,13-14,21,24-25,32H,3-4,8-12,15-20H2,(H,35,40)/t24-,25+/m1/s1. The van der Waals surface area contributed by atoms with Crippen LogP contribution >= 0.6 is 0 Å². The van der Waals surface area contributed by atoms with E-state index in [1.165, 1.54) is 11.1 Å². The summed E-state index contributed by atoms with van der Waals surface area (Å²) in [6.07, 6.45) is 9.73. The number of rotatable bonds is 8. The summed E-state index contributed by atoms with van der Waals surface area (Å²) in [6, 6.07) is 12.2. The van der Waals surface area contributed by atoms with Crippen LogP contribution < -0.4 is 15.7 Å². The molecule has 1 aromatic carbocycles. The normalized spacial score (nSPS) is 19.9. The van der Waals surface area contributed by atoms with Gasteiger partial charge in [-0.2, -0.15) is 5.10 Å². The Morgan fingerprint density at radius 3 is 2.56 bits per heavy atom. The summed E-state index contributed by atoms with van der Waals surface area (Å²) in [5.74, 6) is 0.945. The zero-order valence-electron chi connectivity index (χ0n) is 23.5. The van der Waals surface area contributed by atoms with Crippen molar-refractivity contribution >= 4 is 17.8 Å². The lowest BCUT2D eigenvalue weighted by molar-refractivity contribution is -0.135. The second-order valence-electron chi connectivity index (χ2n) is 11.4. The summed E-state index contributed by atoms with van der Waals surface area (Å²) in [5.41, 5.74) is 5.02. The number of aromatic nitrogens is 4. The molecule has 1 saturated heterocycles. The van der Waals surface area contributed by atoms with E-state index in [0.717, 1.165) is 62.9 Å². The molecule has 3 aromatic rings. The molecule has 3 heterocycles. The maximum absolute atomic E-state index is 13.1. The molecule has 214 valence electrons. The highest BCUT2D eigenvalue weighted by atomic mass is 16.2. The van der Waals surface area contributed by atoms with Crippen molar-refractivity contribution in [3.63, 3.8) is 0 Å². The largest absolute Gasteiger partial charge is 0.353 e. The molecule has 2 atom stereocenters. The summed E-state index contributed by atoms with van der Waals surface area (Å²) in [6.45, 7) is 3.43. The average molecular weight is 555 g/mol. The van der Waals surface area contributed by atoms with Gasteiger partial charge in [0.2, 0.25) is 17.8 Å². The van der Waals surface area contributed by atoms with E-state index in [-0.39, 0.29) is 23.8 Å². The van der Waals surface area contributed by atoms with Gasteiger partial charge in [0.05, 0.1) is 5.69 Å². The molecule has 2 aromatic heterocycles. The van der Waals surface area contributed by atoms with Crippen LogP contribution in [0.25, 0.3) is 11.3 Å². The van der Waals surface area contributed by atoms with Crippen LogP contribution in [0.5, 0.6) is 0 Å². The third-order valence-electron chi connectivity index (χ3n) is 8.65. The van der Waals surface area contributed by atoms with E-state index >= 15 is 0 Å². The molecule has 0 radical (unpaired) electrons. The molecule has 2 N–H and O–H groups in total. The van der Waals surface area contributed by atoms with E-state index in [0.29, 0.717) is 43.9 Å². The number of fused-ring (bicyclic) bond motifs is 3. The number of carbonyl (C=O) groups is 2. The monoisotopic (exact) mass is 554 g/mol. The van der Waals surface area contributed by atoms with Crippen molar-refractivity contribution in [3.05, 3.63) is 65.4 Å². The zero-order chi connectivity index (χ0) is 28.2. The summed E-state index contributed by atoms with van der Waals surface area (Å²) in [4.78, 5) is 38.5. The first-order valence-corrected chi connectivity index (χ1v) is 14.9. The zero-order valence-corrected chi connectivity index (χ0v) is 23.5. The molecule has 41 heavy (non-hydrogen) atoms. The van der Waals surface area contributed by atoms with Gasteiger partial charge in [-0.15, -0.1) is 0 Å². The van der Waals surface area contributed by atoms with Crippen molar-refractivity contribution in [1.29, 1.82) is 5.41 Å². The smallest absolute Gasteiger partial charge is 0.225 e. The van der Waals surface area contributed by atoms with Gasteiger partial charge in [-0.25, -0.2) is 14.6 Å². The topological polar surface area (TPSA) is 120 Å². The number of nitrogens with zero attached hydrogens (tertiary/aromatic N) is 6. The lowest BCUT2D eigenvalue weighted by Gasteiger charge is -2.35.